The van der Waals surface area contributed by atoms with Gasteiger partial charge < -0.3 is 14.9 Å². The van der Waals surface area contributed by atoms with Gasteiger partial charge in [-0.15, -0.1) is 0 Å². The maximum absolute atomic E-state index is 10.5. The molecule has 0 aromatic heterocycles. The molecule has 2 fully saturated rings. The summed E-state index contributed by atoms with van der Waals surface area (Å²) in [5.74, 6) is 2.66. The summed E-state index contributed by atoms with van der Waals surface area (Å²) < 4.78 is 6.15. The van der Waals surface area contributed by atoms with Gasteiger partial charge in [0.05, 0.1) is 18.8 Å². The molecule has 2 heterocycles. The maximum atomic E-state index is 10.5. The molecule has 0 aliphatic carbocycles. The van der Waals surface area contributed by atoms with Gasteiger partial charge in [0.25, 0.3) is 0 Å². The molecule has 2 rings (SSSR count). The molecule has 0 amide bonds. The van der Waals surface area contributed by atoms with E-state index < -0.39 is 5.97 Å². The van der Waals surface area contributed by atoms with Crippen LogP contribution in [0.3, 0.4) is 0 Å². The van der Waals surface area contributed by atoms with Gasteiger partial charge in [-0.05, 0) is 62.5 Å². The molecule has 2 N–H and O–H groups in total. The smallest absolute Gasteiger partial charge is 0.303 e. The second-order valence-corrected chi connectivity index (χ2v) is 8.17. The van der Waals surface area contributed by atoms with E-state index >= 15 is 0 Å². The number of carboxylic acid groups (broad SMARTS) is 1. The Morgan fingerprint density at radius 2 is 1.88 bits per heavy atom. The third-order valence-electron chi connectivity index (χ3n) is 5.24. The number of aliphatic carboxylic acids is 1. The average Bonchev–Trinajstić information content (AvgIpc) is 3.15. The van der Waals surface area contributed by atoms with Gasteiger partial charge in [0.2, 0.25) is 0 Å². The lowest BCUT2D eigenvalue weighted by Crippen LogP contribution is -2.26. The fraction of sp³-hybridized carbons (Fsp3) is 0.842. The Bertz CT molecular complexity index is 399. The van der Waals surface area contributed by atoms with Gasteiger partial charge in [0.1, 0.15) is 0 Å². The molecule has 24 heavy (non-hydrogen) atoms. The average molecular weight is 357 g/mol. The molecule has 0 aromatic rings. The first-order valence-corrected chi connectivity index (χ1v) is 10.6. The van der Waals surface area contributed by atoms with Crippen LogP contribution in [0.25, 0.3) is 0 Å². The molecular weight excluding hydrogens is 324 g/mol. The largest absolute Gasteiger partial charge is 0.481 e. The summed E-state index contributed by atoms with van der Waals surface area (Å²) in [5.41, 5.74) is 0. The van der Waals surface area contributed by atoms with Gasteiger partial charge in [-0.25, -0.2) is 0 Å². The molecule has 2 saturated heterocycles. The molecule has 2 aliphatic heterocycles. The van der Waals surface area contributed by atoms with Crippen molar-refractivity contribution in [1.29, 1.82) is 0 Å². The van der Waals surface area contributed by atoms with Crippen LogP contribution in [0.2, 0.25) is 0 Å². The van der Waals surface area contributed by atoms with Crippen molar-refractivity contribution in [2.24, 2.45) is 11.8 Å². The predicted molar refractivity (Wildman–Crippen MR) is 98.4 cm³/mol. The first-order chi connectivity index (χ1) is 11.7. The van der Waals surface area contributed by atoms with Crippen molar-refractivity contribution in [2.45, 2.75) is 70.0 Å². The highest BCUT2D eigenvalue weighted by molar-refractivity contribution is 7.99. The van der Waals surface area contributed by atoms with Crippen LogP contribution in [-0.4, -0.2) is 46.5 Å². The Labute approximate surface area is 150 Å². The summed E-state index contributed by atoms with van der Waals surface area (Å²) in [6, 6.07) is 0. The van der Waals surface area contributed by atoms with E-state index in [1.54, 1.807) is 0 Å². The molecule has 0 unspecified atom stereocenters. The third-order valence-corrected chi connectivity index (χ3v) is 6.29. The van der Waals surface area contributed by atoms with E-state index in [1.807, 2.05) is 11.8 Å². The van der Waals surface area contributed by atoms with Gasteiger partial charge in [0, 0.05) is 12.2 Å². The van der Waals surface area contributed by atoms with Gasteiger partial charge >= 0.3 is 5.97 Å². The zero-order chi connectivity index (χ0) is 17.2. The van der Waals surface area contributed by atoms with Gasteiger partial charge in [-0.1, -0.05) is 18.6 Å². The van der Waals surface area contributed by atoms with Crippen LogP contribution in [0.15, 0.2) is 12.2 Å². The van der Waals surface area contributed by atoms with E-state index in [4.69, 9.17) is 14.9 Å². The highest BCUT2D eigenvalue weighted by Crippen LogP contribution is 2.47. The van der Waals surface area contributed by atoms with Gasteiger partial charge in [-0.3, -0.25) is 4.79 Å². The molecule has 0 saturated carbocycles. The molecule has 4 atom stereocenters. The van der Waals surface area contributed by atoms with Gasteiger partial charge in [0.15, 0.2) is 0 Å². The summed E-state index contributed by atoms with van der Waals surface area (Å²) in [6.45, 7) is 0.283. The number of aliphatic hydroxyl groups excluding tert-OH is 1. The Morgan fingerprint density at radius 3 is 2.62 bits per heavy atom. The lowest BCUT2D eigenvalue weighted by molar-refractivity contribution is -0.137. The number of allylic oxidation sites excluding steroid dienone is 2. The monoisotopic (exact) mass is 356 g/mol. The van der Waals surface area contributed by atoms with Crippen molar-refractivity contribution in [2.75, 3.05) is 18.1 Å². The molecule has 0 aromatic carbocycles. The SMILES string of the molecule is O=C(O)CCCC=CC[C@@H]1[C@H](CCCCSCCO)[C@@H]2CC[C@H]1O2. The lowest BCUT2D eigenvalue weighted by atomic mass is 9.75. The molecule has 2 bridgehead atoms. The fourth-order valence-electron chi connectivity index (χ4n) is 4.09. The van der Waals surface area contributed by atoms with E-state index in [9.17, 15) is 4.79 Å². The Hall–Kier alpha value is -0.520. The van der Waals surface area contributed by atoms with Gasteiger partial charge in [-0.2, -0.15) is 11.8 Å². The number of aliphatic hydroxyl groups is 1. The van der Waals surface area contributed by atoms with Crippen molar-refractivity contribution in [3.63, 3.8) is 0 Å². The zero-order valence-corrected chi connectivity index (χ0v) is 15.4. The highest BCUT2D eigenvalue weighted by atomic mass is 32.2. The van der Waals surface area contributed by atoms with Crippen LogP contribution < -0.4 is 0 Å². The summed E-state index contributed by atoms with van der Waals surface area (Å²) in [4.78, 5) is 10.5. The number of carbonyl (C=O) groups is 1. The molecule has 4 nitrogen and oxygen atoms in total. The topological polar surface area (TPSA) is 66.8 Å². The first kappa shape index (κ1) is 19.8. The molecular formula is C19H32O4S. The van der Waals surface area contributed by atoms with Crippen molar-refractivity contribution in [3.8, 4) is 0 Å². The van der Waals surface area contributed by atoms with E-state index in [-0.39, 0.29) is 13.0 Å². The molecule has 5 heteroatoms. The minimum Gasteiger partial charge on any atom is -0.481 e. The second-order valence-electron chi connectivity index (χ2n) is 6.94. The van der Waals surface area contributed by atoms with Crippen molar-refractivity contribution < 1.29 is 19.7 Å². The minimum atomic E-state index is -0.706. The minimum absolute atomic E-state index is 0.262. The van der Waals surface area contributed by atoms with E-state index in [2.05, 4.69) is 12.2 Å². The maximum Gasteiger partial charge on any atom is 0.303 e. The fourth-order valence-corrected chi connectivity index (χ4v) is 4.83. The van der Waals surface area contributed by atoms with Crippen LogP contribution in [0.5, 0.6) is 0 Å². The Morgan fingerprint density at radius 1 is 1.08 bits per heavy atom. The summed E-state index contributed by atoms with van der Waals surface area (Å²) in [6.07, 6.45) is 14.5. The van der Waals surface area contributed by atoms with Crippen LogP contribution in [-0.2, 0) is 9.53 Å². The number of ether oxygens (including phenoxy) is 1. The number of fused-ring (bicyclic) bond motifs is 2. The van der Waals surface area contributed by atoms with Crippen molar-refractivity contribution >= 4 is 17.7 Å². The van der Waals surface area contributed by atoms with E-state index in [0.29, 0.717) is 24.0 Å². The van der Waals surface area contributed by atoms with Crippen molar-refractivity contribution in [3.05, 3.63) is 12.2 Å². The first-order valence-electron chi connectivity index (χ1n) is 9.43. The third kappa shape index (κ3) is 6.41. The summed E-state index contributed by atoms with van der Waals surface area (Å²) in [5, 5.41) is 17.4. The van der Waals surface area contributed by atoms with Crippen LogP contribution in [0.1, 0.15) is 57.8 Å². The molecule has 0 spiro atoms. The number of thioether (sulfide) groups is 1. The van der Waals surface area contributed by atoms with E-state index in [1.165, 1.54) is 32.1 Å². The normalized spacial score (nSPS) is 28.9. The number of unbranched alkanes of at least 4 members (excludes halogenated alkanes) is 2. The molecule has 2 aliphatic rings. The molecule has 0 radical (unpaired) electrons. The standard InChI is InChI=1S/C19H32O4S/c20-12-14-24-13-6-5-8-16-15(17-10-11-18(16)23-17)7-3-1-2-4-9-19(21)22/h1,3,15-18,20H,2,4-14H2,(H,21,22)/t15-,16+,17-,18+/m1/s1. The lowest BCUT2D eigenvalue weighted by Gasteiger charge is -2.27. The van der Waals surface area contributed by atoms with Crippen LogP contribution >= 0.6 is 11.8 Å². The Kier molecular flexibility index (Phi) is 9.21. The van der Waals surface area contributed by atoms with Crippen LogP contribution in [0, 0.1) is 11.8 Å². The number of rotatable bonds is 13. The Balaban J connectivity index is 1.65. The van der Waals surface area contributed by atoms with E-state index in [0.717, 1.165) is 30.8 Å². The number of carboxylic acids is 1. The van der Waals surface area contributed by atoms with Crippen LogP contribution in [0.4, 0.5) is 0 Å². The zero-order valence-electron chi connectivity index (χ0n) is 14.6. The quantitative estimate of drug-likeness (QED) is 0.387. The number of hydrogen-bond donors (Lipinski definition) is 2. The van der Waals surface area contributed by atoms with Crippen molar-refractivity contribution in [1.82, 2.24) is 0 Å². The molecule has 138 valence electrons. The highest BCUT2D eigenvalue weighted by Gasteiger charge is 2.47. The number of hydrogen-bond acceptors (Lipinski definition) is 4. The summed E-state index contributed by atoms with van der Waals surface area (Å²) in [7, 11) is 0. The predicted octanol–water partition coefficient (Wildman–Crippen LogP) is 3.88. The second kappa shape index (κ2) is 11.2. The summed E-state index contributed by atoms with van der Waals surface area (Å²) >= 11 is 1.84.